The summed E-state index contributed by atoms with van der Waals surface area (Å²) in [6, 6.07) is 3.82. The fraction of sp³-hybridized carbons (Fsp3) is 0.267. The Morgan fingerprint density at radius 3 is 2.77 bits per heavy atom. The second-order valence-corrected chi connectivity index (χ2v) is 4.86. The minimum absolute atomic E-state index is 0.0371. The zero-order valence-corrected chi connectivity index (χ0v) is 11.9. The van der Waals surface area contributed by atoms with Crippen molar-refractivity contribution in [2.24, 2.45) is 0 Å². The van der Waals surface area contributed by atoms with Crippen LogP contribution in [0.15, 0.2) is 30.9 Å². The molecule has 2 N–H and O–H groups in total. The van der Waals surface area contributed by atoms with Crippen LogP contribution >= 0.6 is 0 Å². The zero-order valence-electron chi connectivity index (χ0n) is 11.9. The highest BCUT2D eigenvalue weighted by Gasteiger charge is 2.22. The number of rotatable bonds is 5. The predicted octanol–water partition coefficient (Wildman–Crippen LogP) is 1.51. The number of hydrogen-bond donors (Lipinski definition) is 2. The molecule has 0 aliphatic carbocycles. The lowest BCUT2D eigenvalue weighted by molar-refractivity contribution is -0.131. The lowest BCUT2D eigenvalue weighted by Crippen LogP contribution is -2.33. The third-order valence-corrected chi connectivity index (χ3v) is 3.20. The molecular formula is C15H16FN3O3. The minimum atomic E-state index is -0.622. The number of nitrogens with one attached hydrogen (secondary N) is 2. The van der Waals surface area contributed by atoms with Gasteiger partial charge in [0.05, 0.1) is 12.2 Å². The molecule has 0 bridgehead atoms. The first kappa shape index (κ1) is 15.7. The molecule has 116 valence electrons. The Kier molecular flexibility index (Phi) is 4.88. The van der Waals surface area contributed by atoms with E-state index in [1.165, 1.54) is 17.0 Å². The topological polar surface area (TPSA) is 78.5 Å². The predicted molar refractivity (Wildman–Crippen MR) is 79.7 cm³/mol. The molecule has 1 fully saturated rings. The molecule has 0 saturated carbocycles. The maximum Gasteiger partial charge on any atom is 0.247 e. The van der Waals surface area contributed by atoms with E-state index < -0.39 is 11.7 Å². The van der Waals surface area contributed by atoms with Crippen molar-refractivity contribution in [1.29, 1.82) is 0 Å². The zero-order chi connectivity index (χ0) is 16.1. The van der Waals surface area contributed by atoms with E-state index in [4.69, 9.17) is 0 Å². The van der Waals surface area contributed by atoms with Crippen LogP contribution in [0.4, 0.5) is 15.8 Å². The van der Waals surface area contributed by atoms with E-state index in [1.54, 1.807) is 0 Å². The summed E-state index contributed by atoms with van der Waals surface area (Å²) in [6.07, 6.45) is 2.23. The number of hydrogen-bond acceptors (Lipinski definition) is 3. The van der Waals surface area contributed by atoms with Gasteiger partial charge in [0, 0.05) is 18.7 Å². The van der Waals surface area contributed by atoms with Gasteiger partial charge in [0.25, 0.3) is 0 Å². The average molecular weight is 305 g/mol. The summed E-state index contributed by atoms with van der Waals surface area (Å²) in [6.45, 7) is 3.81. The highest BCUT2D eigenvalue weighted by molar-refractivity contribution is 6.00. The fourth-order valence-electron chi connectivity index (χ4n) is 2.13. The molecule has 3 amide bonds. The van der Waals surface area contributed by atoms with Crippen molar-refractivity contribution < 1.29 is 18.8 Å². The van der Waals surface area contributed by atoms with Gasteiger partial charge in [0.1, 0.15) is 5.82 Å². The Balaban J connectivity index is 2.01. The third-order valence-electron chi connectivity index (χ3n) is 3.20. The van der Waals surface area contributed by atoms with Crippen molar-refractivity contribution in [3.8, 4) is 0 Å². The lowest BCUT2D eigenvalue weighted by Gasteiger charge is -2.15. The molecule has 1 aliphatic rings. The van der Waals surface area contributed by atoms with Gasteiger partial charge in [-0.1, -0.05) is 6.58 Å². The molecule has 0 aromatic heterocycles. The van der Waals surface area contributed by atoms with Crippen LogP contribution in [-0.4, -0.2) is 35.7 Å². The van der Waals surface area contributed by atoms with Crippen molar-refractivity contribution in [3.05, 3.63) is 36.7 Å². The van der Waals surface area contributed by atoms with Gasteiger partial charge in [0.2, 0.25) is 17.7 Å². The van der Waals surface area contributed by atoms with Crippen molar-refractivity contribution in [2.45, 2.75) is 12.8 Å². The first-order valence-electron chi connectivity index (χ1n) is 6.80. The summed E-state index contributed by atoms with van der Waals surface area (Å²) in [4.78, 5) is 36.0. The highest BCUT2D eigenvalue weighted by Crippen LogP contribution is 2.20. The second-order valence-electron chi connectivity index (χ2n) is 4.86. The van der Waals surface area contributed by atoms with Crippen LogP contribution in [-0.2, 0) is 14.4 Å². The summed E-state index contributed by atoms with van der Waals surface area (Å²) < 4.78 is 13.6. The van der Waals surface area contributed by atoms with Crippen molar-refractivity contribution >= 4 is 29.1 Å². The summed E-state index contributed by atoms with van der Waals surface area (Å²) >= 11 is 0. The summed E-state index contributed by atoms with van der Waals surface area (Å²) in [5.41, 5.74) is 0.275. The van der Waals surface area contributed by atoms with E-state index in [2.05, 4.69) is 17.2 Å². The maximum absolute atomic E-state index is 13.6. The van der Waals surface area contributed by atoms with Crippen molar-refractivity contribution in [3.63, 3.8) is 0 Å². The van der Waals surface area contributed by atoms with Crippen LogP contribution in [0.2, 0.25) is 0 Å². The number of amides is 3. The van der Waals surface area contributed by atoms with Gasteiger partial charge in [-0.25, -0.2) is 4.39 Å². The number of benzene rings is 1. The molecule has 0 unspecified atom stereocenters. The maximum atomic E-state index is 13.6. The van der Waals surface area contributed by atoms with Crippen molar-refractivity contribution in [2.75, 3.05) is 23.7 Å². The van der Waals surface area contributed by atoms with Crippen LogP contribution in [0.5, 0.6) is 0 Å². The average Bonchev–Trinajstić information content (AvgIpc) is 2.87. The van der Waals surface area contributed by atoms with E-state index >= 15 is 0 Å². The smallest absolute Gasteiger partial charge is 0.247 e. The van der Waals surface area contributed by atoms with Crippen LogP contribution < -0.4 is 10.6 Å². The van der Waals surface area contributed by atoms with Crippen LogP contribution in [0.25, 0.3) is 0 Å². The third kappa shape index (κ3) is 3.91. The lowest BCUT2D eigenvalue weighted by atomic mass is 10.2. The molecule has 22 heavy (non-hydrogen) atoms. The number of halogens is 1. The first-order valence-corrected chi connectivity index (χ1v) is 6.80. The van der Waals surface area contributed by atoms with E-state index in [0.29, 0.717) is 18.7 Å². The number of carbonyl (C=O) groups excluding carboxylic acids is 3. The van der Waals surface area contributed by atoms with Crippen LogP contribution in [0, 0.1) is 5.82 Å². The quantitative estimate of drug-likeness (QED) is 0.809. The molecule has 1 heterocycles. The molecule has 7 heteroatoms. The van der Waals surface area contributed by atoms with Gasteiger partial charge in [-0.05, 0) is 30.7 Å². The summed E-state index contributed by atoms with van der Waals surface area (Å²) in [5, 5.41) is 4.88. The molecule has 1 aromatic carbocycles. The van der Waals surface area contributed by atoms with Crippen molar-refractivity contribution in [1.82, 2.24) is 4.90 Å². The van der Waals surface area contributed by atoms with Crippen LogP contribution in [0.1, 0.15) is 12.8 Å². The number of nitrogens with zero attached hydrogens (tertiary/aromatic N) is 1. The molecule has 0 spiro atoms. The summed E-state index contributed by atoms with van der Waals surface area (Å²) in [7, 11) is 0. The Morgan fingerprint density at radius 1 is 1.36 bits per heavy atom. The Hall–Kier alpha value is -2.70. The molecule has 1 aliphatic heterocycles. The first-order chi connectivity index (χ1) is 10.5. The van der Waals surface area contributed by atoms with Gasteiger partial charge in [0.15, 0.2) is 0 Å². The van der Waals surface area contributed by atoms with Gasteiger partial charge >= 0.3 is 0 Å². The largest absolute Gasteiger partial charge is 0.333 e. The molecule has 2 rings (SSSR count). The number of carbonyl (C=O) groups is 3. The van der Waals surface area contributed by atoms with Crippen LogP contribution in [0.3, 0.4) is 0 Å². The number of anilines is 2. The van der Waals surface area contributed by atoms with Gasteiger partial charge in [-0.2, -0.15) is 0 Å². The summed E-state index contributed by atoms with van der Waals surface area (Å²) in [5.74, 6) is -1.59. The van der Waals surface area contributed by atoms with Gasteiger partial charge in [-0.15, -0.1) is 0 Å². The Bertz CT molecular complexity index is 630. The highest BCUT2D eigenvalue weighted by atomic mass is 19.1. The normalized spacial score (nSPS) is 13.9. The van der Waals surface area contributed by atoms with E-state index in [9.17, 15) is 18.8 Å². The minimum Gasteiger partial charge on any atom is -0.333 e. The van der Waals surface area contributed by atoms with E-state index in [1.807, 2.05) is 0 Å². The van der Waals surface area contributed by atoms with E-state index in [-0.39, 0.29) is 24.0 Å². The second kappa shape index (κ2) is 6.84. The standard InChI is InChI=1S/C15H16FN3O3/c1-2-13(20)18-12-8-10(5-6-11(12)16)17-14(21)9-19-7-3-4-15(19)22/h2,5-6,8H,1,3-4,7,9H2,(H,17,21)(H,18,20). The molecule has 6 nitrogen and oxygen atoms in total. The molecule has 0 atom stereocenters. The molecule has 0 radical (unpaired) electrons. The molecule has 1 saturated heterocycles. The fourth-order valence-corrected chi connectivity index (χ4v) is 2.13. The number of likely N-dealkylation sites (tertiary alicyclic amines) is 1. The monoisotopic (exact) mass is 305 g/mol. The van der Waals surface area contributed by atoms with Gasteiger partial charge < -0.3 is 15.5 Å². The van der Waals surface area contributed by atoms with E-state index in [0.717, 1.165) is 18.6 Å². The Labute approximate surface area is 127 Å². The molecular weight excluding hydrogens is 289 g/mol. The molecule has 1 aromatic rings. The Morgan fingerprint density at radius 2 is 2.14 bits per heavy atom. The SMILES string of the molecule is C=CC(=O)Nc1cc(NC(=O)CN2CCCC2=O)ccc1F. The van der Waals surface area contributed by atoms with Gasteiger partial charge in [-0.3, -0.25) is 14.4 Å².